The standard InChI is InChI=1S/C14H17NS/c1-11-4-6-12(7-5-11)16-14(10-15)8-13(2,3)9-14/h4-7H,8-9H2,1-3H3. The Labute approximate surface area is 102 Å². The molecule has 1 saturated carbocycles. The molecule has 1 aromatic rings. The number of thioether (sulfide) groups is 1. The highest BCUT2D eigenvalue weighted by molar-refractivity contribution is 8.01. The Kier molecular flexibility index (Phi) is 2.75. The van der Waals surface area contributed by atoms with Gasteiger partial charge in [0.25, 0.3) is 0 Å². The van der Waals surface area contributed by atoms with Crippen molar-refractivity contribution in [3.05, 3.63) is 29.8 Å². The Bertz CT molecular complexity index is 417. The fourth-order valence-corrected chi connectivity index (χ4v) is 4.20. The molecule has 0 unspecified atom stereocenters. The quantitative estimate of drug-likeness (QED) is 0.762. The molecule has 0 aliphatic heterocycles. The van der Waals surface area contributed by atoms with Crippen LogP contribution in [-0.4, -0.2) is 4.75 Å². The average molecular weight is 231 g/mol. The Balaban J connectivity index is 2.10. The molecule has 0 amide bonds. The molecule has 1 aliphatic rings. The highest BCUT2D eigenvalue weighted by Crippen LogP contribution is 2.56. The maximum Gasteiger partial charge on any atom is 0.108 e. The topological polar surface area (TPSA) is 23.8 Å². The van der Waals surface area contributed by atoms with E-state index in [9.17, 15) is 5.26 Å². The number of nitriles is 1. The van der Waals surface area contributed by atoms with Crippen molar-refractivity contribution in [3.8, 4) is 6.07 Å². The Hall–Kier alpha value is -0.940. The van der Waals surface area contributed by atoms with E-state index >= 15 is 0 Å². The van der Waals surface area contributed by atoms with Crippen LogP contribution >= 0.6 is 11.8 Å². The Morgan fingerprint density at radius 3 is 2.19 bits per heavy atom. The van der Waals surface area contributed by atoms with Gasteiger partial charge in [-0.05, 0) is 37.3 Å². The molecule has 1 nitrogen and oxygen atoms in total. The van der Waals surface area contributed by atoms with Crippen molar-refractivity contribution in [3.63, 3.8) is 0 Å². The van der Waals surface area contributed by atoms with Gasteiger partial charge >= 0.3 is 0 Å². The van der Waals surface area contributed by atoms with Crippen molar-refractivity contribution in [2.24, 2.45) is 5.41 Å². The normalized spacial score (nSPS) is 20.9. The van der Waals surface area contributed by atoms with Gasteiger partial charge < -0.3 is 0 Å². The van der Waals surface area contributed by atoms with Gasteiger partial charge in [0.05, 0.1) is 6.07 Å². The van der Waals surface area contributed by atoms with Crippen LogP contribution in [0, 0.1) is 23.7 Å². The summed E-state index contributed by atoms with van der Waals surface area (Å²) in [6.07, 6.45) is 1.99. The van der Waals surface area contributed by atoms with Gasteiger partial charge in [0.2, 0.25) is 0 Å². The molecule has 0 saturated heterocycles. The predicted molar refractivity (Wildman–Crippen MR) is 68.4 cm³/mol. The van der Waals surface area contributed by atoms with Gasteiger partial charge in [-0.15, -0.1) is 11.8 Å². The number of rotatable bonds is 2. The summed E-state index contributed by atoms with van der Waals surface area (Å²) in [5.74, 6) is 0. The van der Waals surface area contributed by atoms with Crippen LogP contribution in [0.15, 0.2) is 29.2 Å². The number of hydrogen-bond donors (Lipinski definition) is 0. The highest BCUT2D eigenvalue weighted by atomic mass is 32.2. The first-order chi connectivity index (χ1) is 7.45. The first kappa shape index (κ1) is 11.5. The van der Waals surface area contributed by atoms with Gasteiger partial charge in [-0.2, -0.15) is 5.26 Å². The second kappa shape index (κ2) is 3.82. The van der Waals surface area contributed by atoms with E-state index in [4.69, 9.17) is 0 Å². The molecule has 16 heavy (non-hydrogen) atoms. The van der Waals surface area contributed by atoms with E-state index in [1.54, 1.807) is 11.8 Å². The van der Waals surface area contributed by atoms with E-state index in [0.29, 0.717) is 5.41 Å². The Morgan fingerprint density at radius 1 is 1.19 bits per heavy atom. The van der Waals surface area contributed by atoms with E-state index < -0.39 is 0 Å². The minimum Gasteiger partial charge on any atom is -0.197 e. The average Bonchev–Trinajstić information content (AvgIpc) is 2.18. The van der Waals surface area contributed by atoms with Crippen molar-refractivity contribution in [1.29, 1.82) is 5.26 Å². The first-order valence-electron chi connectivity index (χ1n) is 5.62. The summed E-state index contributed by atoms with van der Waals surface area (Å²) >= 11 is 1.73. The molecule has 0 atom stereocenters. The molecule has 0 heterocycles. The molecule has 2 rings (SSSR count). The van der Waals surface area contributed by atoms with Gasteiger partial charge in [-0.25, -0.2) is 0 Å². The third kappa shape index (κ3) is 2.25. The van der Waals surface area contributed by atoms with Crippen LogP contribution in [0.4, 0.5) is 0 Å². The fourth-order valence-electron chi connectivity index (χ4n) is 2.50. The van der Waals surface area contributed by atoms with Crippen molar-refractivity contribution in [2.75, 3.05) is 0 Å². The molecule has 0 spiro atoms. The lowest BCUT2D eigenvalue weighted by Gasteiger charge is -2.48. The molecule has 1 aliphatic carbocycles. The monoisotopic (exact) mass is 231 g/mol. The number of hydrogen-bond acceptors (Lipinski definition) is 2. The molecular formula is C14H17NS. The zero-order chi connectivity index (χ0) is 11.8. The predicted octanol–water partition coefficient (Wildman–Crippen LogP) is 4.17. The summed E-state index contributed by atoms with van der Waals surface area (Å²) in [5.41, 5.74) is 1.61. The zero-order valence-electron chi connectivity index (χ0n) is 10.1. The maximum absolute atomic E-state index is 9.31. The van der Waals surface area contributed by atoms with Crippen molar-refractivity contribution in [1.82, 2.24) is 0 Å². The van der Waals surface area contributed by atoms with Crippen LogP contribution in [0.25, 0.3) is 0 Å². The lowest BCUT2D eigenvalue weighted by molar-refractivity contribution is 0.162. The van der Waals surface area contributed by atoms with Crippen LogP contribution < -0.4 is 0 Å². The van der Waals surface area contributed by atoms with E-state index in [-0.39, 0.29) is 4.75 Å². The van der Waals surface area contributed by atoms with Gasteiger partial charge in [-0.3, -0.25) is 0 Å². The molecule has 1 aromatic carbocycles. The van der Waals surface area contributed by atoms with Crippen LogP contribution in [0.3, 0.4) is 0 Å². The van der Waals surface area contributed by atoms with Crippen molar-refractivity contribution < 1.29 is 0 Å². The van der Waals surface area contributed by atoms with E-state index in [0.717, 1.165) is 12.8 Å². The van der Waals surface area contributed by atoms with Crippen LogP contribution in [0.1, 0.15) is 32.3 Å². The van der Waals surface area contributed by atoms with Crippen molar-refractivity contribution >= 4 is 11.8 Å². The molecule has 0 N–H and O–H groups in total. The maximum atomic E-state index is 9.31. The lowest BCUT2D eigenvalue weighted by Crippen LogP contribution is -2.45. The second-order valence-corrected chi connectivity index (χ2v) is 7.00. The number of aryl methyl sites for hydroxylation is 1. The number of nitrogens with zero attached hydrogens (tertiary/aromatic N) is 1. The van der Waals surface area contributed by atoms with Crippen LogP contribution in [-0.2, 0) is 0 Å². The highest BCUT2D eigenvalue weighted by Gasteiger charge is 2.50. The molecule has 0 bridgehead atoms. The van der Waals surface area contributed by atoms with Crippen LogP contribution in [0.2, 0.25) is 0 Å². The zero-order valence-corrected chi connectivity index (χ0v) is 10.9. The second-order valence-electron chi connectivity index (χ2n) is 5.54. The van der Waals surface area contributed by atoms with Gasteiger partial charge in [0.1, 0.15) is 4.75 Å². The summed E-state index contributed by atoms with van der Waals surface area (Å²) in [7, 11) is 0. The largest absolute Gasteiger partial charge is 0.197 e. The third-order valence-corrected chi connectivity index (χ3v) is 4.34. The summed E-state index contributed by atoms with van der Waals surface area (Å²) in [4.78, 5) is 1.21. The van der Waals surface area contributed by atoms with Crippen molar-refractivity contribution in [2.45, 2.75) is 43.3 Å². The van der Waals surface area contributed by atoms with Gasteiger partial charge in [0.15, 0.2) is 0 Å². The van der Waals surface area contributed by atoms with E-state index in [1.807, 2.05) is 0 Å². The molecule has 84 valence electrons. The van der Waals surface area contributed by atoms with E-state index in [2.05, 4.69) is 51.1 Å². The molecular weight excluding hydrogens is 214 g/mol. The van der Waals surface area contributed by atoms with Gasteiger partial charge in [0, 0.05) is 4.90 Å². The summed E-state index contributed by atoms with van der Waals surface area (Å²) in [6.45, 7) is 6.55. The minimum absolute atomic E-state index is 0.182. The third-order valence-electron chi connectivity index (χ3n) is 3.07. The summed E-state index contributed by atoms with van der Waals surface area (Å²) in [6, 6.07) is 10.9. The van der Waals surface area contributed by atoms with Gasteiger partial charge in [-0.1, -0.05) is 31.5 Å². The van der Waals surface area contributed by atoms with E-state index in [1.165, 1.54) is 10.5 Å². The molecule has 2 heteroatoms. The lowest BCUT2D eigenvalue weighted by atomic mass is 9.64. The van der Waals surface area contributed by atoms with Crippen LogP contribution in [0.5, 0.6) is 0 Å². The summed E-state index contributed by atoms with van der Waals surface area (Å²) < 4.78 is -0.182. The SMILES string of the molecule is Cc1ccc(SC2(C#N)CC(C)(C)C2)cc1. The fraction of sp³-hybridized carbons (Fsp3) is 0.500. The molecule has 0 aromatic heterocycles. The Morgan fingerprint density at radius 2 is 1.75 bits per heavy atom. The first-order valence-corrected chi connectivity index (χ1v) is 6.43. The number of benzene rings is 1. The minimum atomic E-state index is -0.182. The smallest absolute Gasteiger partial charge is 0.108 e. The molecule has 1 fully saturated rings. The summed E-state index contributed by atoms with van der Waals surface area (Å²) in [5, 5.41) is 9.31. The molecule has 0 radical (unpaired) electrons.